The first-order valence-corrected chi connectivity index (χ1v) is 7.04. The van der Waals surface area contributed by atoms with Crippen molar-refractivity contribution in [3.05, 3.63) is 52.3 Å². The molecule has 1 aromatic heterocycles. The van der Waals surface area contributed by atoms with Gasteiger partial charge in [-0.15, -0.1) is 0 Å². The van der Waals surface area contributed by atoms with E-state index in [4.69, 9.17) is 5.26 Å². The standard InChI is InChI=1S/C12H10N4O3S/c13-8-7-9-1-3-10(4-2-9)20(18,19)16-11-5-6-12(17)15-14-11/h1-6H,7H2,(H,14,16)(H,15,17). The van der Waals surface area contributed by atoms with E-state index in [1.807, 2.05) is 6.07 Å². The van der Waals surface area contributed by atoms with Crippen molar-refractivity contribution in [2.24, 2.45) is 0 Å². The Morgan fingerprint density at radius 3 is 2.45 bits per heavy atom. The summed E-state index contributed by atoms with van der Waals surface area (Å²) in [5.74, 6) is 0.0192. The van der Waals surface area contributed by atoms with Gasteiger partial charge in [0.15, 0.2) is 5.82 Å². The molecule has 2 rings (SSSR count). The van der Waals surface area contributed by atoms with Gasteiger partial charge >= 0.3 is 0 Å². The molecule has 102 valence electrons. The number of hydrogen-bond acceptors (Lipinski definition) is 5. The lowest BCUT2D eigenvalue weighted by molar-refractivity contribution is 0.601. The minimum absolute atomic E-state index is 0.0192. The van der Waals surface area contributed by atoms with Gasteiger partial charge in [-0.3, -0.25) is 9.52 Å². The highest BCUT2D eigenvalue weighted by molar-refractivity contribution is 7.92. The van der Waals surface area contributed by atoms with E-state index in [0.717, 1.165) is 5.56 Å². The van der Waals surface area contributed by atoms with Crippen LogP contribution in [-0.4, -0.2) is 18.6 Å². The summed E-state index contributed by atoms with van der Waals surface area (Å²) in [5, 5.41) is 14.2. The second kappa shape index (κ2) is 5.54. The molecule has 1 heterocycles. The molecule has 2 aromatic rings. The van der Waals surface area contributed by atoms with E-state index >= 15 is 0 Å². The van der Waals surface area contributed by atoms with Crippen LogP contribution < -0.4 is 10.3 Å². The minimum atomic E-state index is -3.78. The normalized spacial score (nSPS) is 10.8. The van der Waals surface area contributed by atoms with Crippen LogP contribution in [-0.2, 0) is 16.4 Å². The average Bonchev–Trinajstić information content (AvgIpc) is 2.42. The zero-order valence-corrected chi connectivity index (χ0v) is 11.0. The Labute approximate surface area is 114 Å². The third kappa shape index (κ3) is 3.21. The predicted molar refractivity (Wildman–Crippen MR) is 71.4 cm³/mol. The second-order valence-corrected chi connectivity index (χ2v) is 5.57. The largest absolute Gasteiger partial charge is 0.268 e. The SMILES string of the molecule is N#CCc1ccc(S(=O)(=O)Nc2ccc(=O)[nH]n2)cc1. The molecule has 8 heteroatoms. The molecule has 20 heavy (non-hydrogen) atoms. The first-order valence-electron chi connectivity index (χ1n) is 5.56. The molecule has 0 saturated carbocycles. The molecular formula is C12H10N4O3S. The van der Waals surface area contributed by atoms with Crippen molar-refractivity contribution in [3.63, 3.8) is 0 Å². The maximum Gasteiger partial charge on any atom is 0.264 e. The van der Waals surface area contributed by atoms with Crippen molar-refractivity contribution in [2.75, 3.05) is 4.72 Å². The Balaban J connectivity index is 2.24. The van der Waals surface area contributed by atoms with Gasteiger partial charge in [0.1, 0.15) is 0 Å². The fourth-order valence-corrected chi connectivity index (χ4v) is 2.48. The monoisotopic (exact) mass is 290 g/mol. The van der Waals surface area contributed by atoms with Gasteiger partial charge in [0.05, 0.1) is 17.4 Å². The van der Waals surface area contributed by atoms with Crippen LogP contribution in [0.1, 0.15) is 5.56 Å². The fraction of sp³-hybridized carbons (Fsp3) is 0.0833. The molecule has 1 aromatic carbocycles. The molecule has 0 unspecified atom stereocenters. The van der Waals surface area contributed by atoms with E-state index in [0.29, 0.717) is 0 Å². The van der Waals surface area contributed by atoms with Crippen molar-refractivity contribution in [3.8, 4) is 6.07 Å². The van der Waals surface area contributed by atoms with E-state index < -0.39 is 15.6 Å². The smallest absolute Gasteiger partial charge is 0.264 e. The maximum absolute atomic E-state index is 12.0. The van der Waals surface area contributed by atoms with Crippen LogP contribution in [0.5, 0.6) is 0 Å². The van der Waals surface area contributed by atoms with E-state index in [2.05, 4.69) is 14.9 Å². The van der Waals surface area contributed by atoms with Gasteiger partial charge in [-0.1, -0.05) is 12.1 Å². The van der Waals surface area contributed by atoms with E-state index in [1.165, 1.54) is 24.3 Å². The number of aromatic nitrogens is 2. The molecule has 7 nitrogen and oxygen atoms in total. The Hall–Kier alpha value is -2.66. The summed E-state index contributed by atoms with van der Waals surface area (Å²) >= 11 is 0. The lowest BCUT2D eigenvalue weighted by atomic mass is 10.2. The Kier molecular flexibility index (Phi) is 3.81. The molecule has 0 radical (unpaired) electrons. The van der Waals surface area contributed by atoms with Crippen molar-refractivity contribution in [1.82, 2.24) is 10.2 Å². The average molecular weight is 290 g/mol. The van der Waals surface area contributed by atoms with Crippen LogP contribution in [0, 0.1) is 11.3 Å². The number of hydrogen-bond donors (Lipinski definition) is 2. The van der Waals surface area contributed by atoms with E-state index in [9.17, 15) is 13.2 Å². The lowest BCUT2D eigenvalue weighted by Crippen LogP contribution is -2.16. The van der Waals surface area contributed by atoms with Gasteiger partial charge < -0.3 is 0 Å². The molecule has 0 aliphatic carbocycles. The molecule has 0 amide bonds. The Morgan fingerprint density at radius 2 is 1.90 bits per heavy atom. The summed E-state index contributed by atoms with van der Waals surface area (Å²) < 4.78 is 26.3. The van der Waals surface area contributed by atoms with Gasteiger partial charge in [-0.2, -0.15) is 10.4 Å². The van der Waals surface area contributed by atoms with Gasteiger partial charge in [0, 0.05) is 6.07 Å². The summed E-state index contributed by atoms with van der Waals surface area (Å²) in [6, 6.07) is 10.4. The molecule has 0 bridgehead atoms. The zero-order valence-electron chi connectivity index (χ0n) is 10.2. The van der Waals surface area contributed by atoms with Crippen LogP contribution in [0.15, 0.2) is 46.1 Å². The molecule has 2 N–H and O–H groups in total. The Morgan fingerprint density at radius 1 is 1.20 bits per heavy atom. The number of nitriles is 1. The van der Waals surface area contributed by atoms with Crippen molar-refractivity contribution in [1.29, 1.82) is 5.26 Å². The summed E-state index contributed by atoms with van der Waals surface area (Å²) in [6.07, 6.45) is 0.217. The first-order chi connectivity index (χ1) is 9.51. The summed E-state index contributed by atoms with van der Waals surface area (Å²) in [7, 11) is -3.78. The van der Waals surface area contributed by atoms with Crippen molar-refractivity contribution >= 4 is 15.8 Å². The molecule has 0 saturated heterocycles. The molecular weight excluding hydrogens is 280 g/mol. The van der Waals surface area contributed by atoms with Gasteiger partial charge in [0.2, 0.25) is 0 Å². The highest BCUT2D eigenvalue weighted by atomic mass is 32.2. The van der Waals surface area contributed by atoms with Gasteiger partial charge in [0.25, 0.3) is 15.6 Å². The van der Waals surface area contributed by atoms with Crippen molar-refractivity contribution in [2.45, 2.75) is 11.3 Å². The number of H-pyrrole nitrogens is 1. The highest BCUT2D eigenvalue weighted by Gasteiger charge is 2.14. The number of benzene rings is 1. The lowest BCUT2D eigenvalue weighted by Gasteiger charge is -2.06. The topological polar surface area (TPSA) is 116 Å². The second-order valence-electron chi connectivity index (χ2n) is 3.89. The molecule has 0 aliphatic heterocycles. The summed E-state index contributed by atoms with van der Waals surface area (Å²) in [5.41, 5.74) is 0.308. The molecule has 0 fully saturated rings. The number of nitrogens with one attached hydrogen (secondary N) is 2. The van der Waals surface area contributed by atoms with Gasteiger partial charge in [-0.25, -0.2) is 13.5 Å². The molecule has 0 atom stereocenters. The number of rotatable bonds is 4. The minimum Gasteiger partial charge on any atom is -0.268 e. The van der Waals surface area contributed by atoms with Crippen LogP contribution in [0.25, 0.3) is 0 Å². The first kappa shape index (κ1) is 13.8. The molecule has 0 spiro atoms. The summed E-state index contributed by atoms with van der Waals surface area (Å²) in [4.78, 5) is 10.9. The highest BCUT2D eigenvalue weighted by Crippen LogP contribution is 2.14. The number of anilines is 1. The third-order valence-electron chi connectivity index (χ3n) is 2.43. The number of sulfonamides is 1. The van der Waals surface area contributed by atoms with Crippen LogP contribution in [0.4, 0.5) is 5.82 Å². The van der Waals surface area contributed by atoms with Crippen molar-refractivity contribution < 1.29 is 8.42 Å². The predicted octanol–water partition coefficient (Wildman–Crippen LogP) is 0.637. The van der Waals surface area contributed by atoms with E-state index in [-0.39, 0.29) is 17.1 Å². The zero-order chi connectivity index (χ0) is 14.6. The summed E-state index contributed by atoms with van der Waals surface area (Å²) in [6.45, 7) is 0. The van der Waals surface area contributed by atoms with E-state index in [1.54, 1.807) is 12.1 Å². The molecule has 0 aliphatic rings. The van der Waals surface area contributed by atoms with Crippen LogP contribution >= 0.6 is 0 Å². The third-order valence-corrected chi connectivity index (χ3v) is 3.81. The number of nitrogens with zero attached hydrogens (tertiary/aromatic N) is 2. The quantitative estimate of drug-likeness (QED) is 0.857. The maximum atomic E-state index is 12.0. The Bertz CT molecular complexity index is 783. The van der Waals surface area contributed by atoms with Crippen LogP contribution in [0.2, 0.25) is 0 Å². The fourth-order valence-electron chi connectivity index (χ4n) is 1.48. The number of aromatic amines is 1. The van der Waals surface area contributed by atoms with Crippen LogP contribution in [0.3, 0.4) is 0 Å². The van der Waals surface area contributed by atoms with Gasteiger partial charge in [-0.05, 0) is 23.8 Å².